The number of fused-ring (bicyclic) bond motifs is 1. The molecule has 1 heterocycles. The number of nitrogens with two attached hydrogens (primary N) is 1. The Morgan fingerprint density at radius 1 is 1.57 bits per heavy atom. The van der Waals surface area contributed by atoms with E-state index in [1.165, 1.54) is 5.56 Å². The molecule has 0 aliphatic rings. The number of thiocarbonyl (C=S) groups is 1. The summed E-state index contributed by atoms with van der Waals surface area (Å²) in [5, 5.41) is 0.767. The molecule has 5 heteroatoms. The lowest BCUT2D eigenvalue weighted by Gasteiger charge is -1.93. The summed E-state index contributed by atoms with van der Waals surface area (Å²) >= 11 is 6.56. The first-order valence-corrected chi connectivity index (χ1v) is 5.31. The monoisotopic (exact) mass is 223 g/mol. The van der Waals surface area contributed by atoms with Crippen molar-refractivity contribution in [3.8, 4) is 0 Å². The van der Waals surface area contributed by atoms with Gasteiger partial charge in [-0.1, -0.05) is 18.3 Å². The van der Waals surface area contributed by atoms with Gasteiger partial charge in [-0.05, 0) is 24.6 Å². The minimum absolute atomic E-state index is 0.490. The fourth-order valence-electron chi connectivity index (χ4n) is 1.19. The normalized spacial score (nSPS) is 10.4. The molecule has 72 valence electrons. The number of thiazole rings is 1. The summed E-state index contributed by atoms with van der Waals surface area (Å²) in [6.07, 6.45) is 0. The summed E-state index contributed by atoms with van der Waals surface area (Å²) in [6.45, 7) is 2.05. The SMILES string of the molecule is Cc1ccc2nc(C(=S)NN)sc2c1. The summed E-state index contributed by atoms with van der Waals surface area (Å²) in [5.41, 5.74) is 4.62. The third kappa shape index (κ3) is 1.61. The van der Waals surface area contributed by atoms with Gasteiger partial charge >= 0.3 is 0 Å². The first-order chi connectivity index (χ1) is 6.70. The van der Waals surface area contributed by atoms with Gasteiger partial charge in [0.1, 0.15) is 4.99 Å². The van der Waals surface area contributed by atoms with E-state index in [4.69, 9.17) is 18.1 Å². The van der Waals surface area contributed by atoms with Crippen molar-refractivity contribution in [1.82, 2.24) is 10.4 Å². The van der Waals surface area contributed by atoms with Crippen molar-refractivity contribution >= 4 is 38.8 Å². The van der Waals surface area contributed by atoms with E-state index in [1.807, 2.05) is 12.1 Å². The van der Waals surface area contributed by atoms with Crippen LogP contribution < -0.4 is 11.3 Å². The van der Waals surface area contributed by atoms with E-state index in [-0.39, 0.29) is 0 Å². The molecule has 0 amide bonds. The van der Waals surface area contributed by atoms with E-state index in [1.54, 1.807) is 11.3 Å². The third-order valence-electron chi connectivity index (χ3n) is 1.87. The highest BCUT2D eigenvalue weighted by molar-refractivity contribution is 7.81. The molecule has 0 unspecified atom stereocenters. The number of aromatic nitrogens is 1. The van der Waals surface area contributed by atoms with Crippen LogP contribution in [0.15, 0.2) is 18.2 Å². The molecule has 0 bridgehead atoms. The van der Waals surface area contributed by atoms with Gasteiger partial charge < -0.3 is 5.43 Å². The predicted molar refractivity (Wildman–Crippen MR) is 63.4 cm³/mol. The van der Waals surface area contributed by atoms with Crippen LogP contribution in [0.5, 0.6) is 0 Å². The van der Waals surface area contributed by atoms with Gasteiger partial charge in [-0.2, -0.15) is 0 Å². The van der Waals surface area contributed by atoms with Crippen LogP contribution in [0.3, 0.4) is 0 Å². The molecule has 0 radical (unpaired) electrons. The van der Waals surface area contributed by atoms with E-state index < -0.39 is 0 Å². The van der Waals surface area contributed by atoms with Crippen molar-refractivity contribution < 1.29 is 0 Å². The highest BCUT2D eigenvalue weighted by Crippen LogP contribution is 2.22. The number of hydrogen-bond donors (Lipinski definition) is 2. The Hall–Kier alpha value is -1.04. The Kier molecular flexibility index (Phi) is 2.45. The second kappa shape index (κ2) is 3.61. The molecule has 1 aromatic heterocycles. The van der Waals surface area contributed by atoms with Gasteiger partial charge in [-0.3, -0.25) is 0 Å². The first-order valence-electron chi connectivity index (χ1n) is 4.09. The van der Waals surface area contributed by atoms with Crippen LogP contribution in [0.4, 0.5) is 0 Å². The summed E-state index contributed by atoms with van der Waals surface area (Å²) in [7, 11) is 0. The van der Waals surface area contributed by atoms with Crippen molar-refractivity contribution in [3.05, 3.63) is 28.8 Å². The molecule has 3 N–H and O–H groups in total. The van der Waals surface area contributed by atoms with Crippen molar-refractivity contribution in [2.75, 3.05) is 0 Å². The molecular weight excluding hydrogens is 214 g/mol. The standard InChI is InChI=1S/C9H9N3S2/c1-5-2-3-6-7(4-5)14-9(11-6)8(13)12-10/h2-4H,10H2,1H3,(H,12,13). The van der Waals surface area contributed by atoms with Crippen molar-refractivity contribution in [1.29, 1.82) is 0 Å². The maximum absolute atomic E-state index is 5.23. The highest BCUT2D eigenvalue weighted by Gasteiger charge is 2.06. The molecule has 2 rings (SSSR count). The van der Waals surface area contributed by atoms with Crippen LogP contribution in [-0.2, 0) is 0 Å². The number of nitrogens with one attached hydrogen (secondary N) is 1. The number of benzene rings is 1. The van der Waals surface area contributed by atoms with Crippen LogP contribution in [0.2, 0.25) is 0 Å². The Labute approximate surface area is 90.9 Å². The fraction of sp³-hybridized carbons (Fsp3) is 0.111. The largest absolute Gasteiger partial charge is 0.312 e. The number of hydrogen-bond acceptors (Lipinski definition) is 4. The lowest BCUT2D eigenvalue weighted by molar-refractivity contribution is 1.05. The number of aryl methyl sites for hydroxylation is 1. The minimum atomic E-state index is 0.490. The second-order valence-electron chi connectivity index (χ2n) is 2.96. The van der Waals surface area contributed by atoms with Crippen LogP contribution in [-0.4, -0.2) is 9.97 Å². The van der Waals surface area contributed by atoms with E-state index in [0.29, 0.717) is 4.99 Å². The molecule has 1 aromatic carbocycles. The van der Waals surface area contributed by atoms with Crippen LogP contribution in [0, 0.1) is 6.92 Å². The zero-order valence-electron chi connectivity index (χ0n) is 7.57. The molecule has 0 saturated carbocycles. The molecule has 2 aromatic rings. The van der Waals surface area contributed by atoms with E-state index in [9.17, 15) is 0 Å². The van der Waals surface area contributed by atoms with Gasteiger partial charge in [0.2, 0.25) is 0 Å². The Balaban J connectivity index is 2.56. The van der Waals surface area contributed by atoms with Gasteiger partial charge in [-0.15, -0.1) is 11.3 Å². The molecule has 0 aliphatic carbocycles. The first kappa shape index (κ1) is 9.51. The number of rotatable bonds is 1. The Morgan fingerprint density at radius 3 is 3.07 bits per heavy atom. The molecule has 0 fully saturated rings. The lowest BCUT2D eigenvalue weighted by Crippen LogP contribution is -2.28. The van der Waals surface area contributed by atoms with Gasteiger partial charge in [0.25, 0.3) is 0 Å². The summed E-state index contributed by atoms with van der Waals surface area (Å²) in [6, 6.07) is 6.12. The van der Waals surface area contributed by atoms with Gasteiger partial charge in [0.05, 0.1) is 10.2 Å². The maximum Gasteiger partial charge on any atom is 0.153 e. The maximum atomic E-state index is 5.23. The molecule has 0 spiro atoms. The van der Waals surface area contributed by atoms with Gasteiger partial charge in [0, 0.05) is 0 Å². The minimum Gasteiger partial charge on any atom is -0.312 e. The number of nitrogens with zero attached hydrogens (tertiary/aromatic N) is 1. The third-order valence-corrected chi connectivity index (χ3v) is 3.35. The Morgan fingerprint density at radius 2 is 2.36 bits per heavy atom. The summed E-state index contributed by atoms with van der Waals surface area (Å²) in [5.74, 6) is 5.23. The quantitative estimate of drug-likeness (QED) is 0.439. The average molecular weight is 223 g/mol. The Bertz CT molecular complexity index is 490. The molecule has 3 nitrogen and oxygen atoms in total. The van der Waals surface area contributed by atoms with E-state index in [2.05, 4.69) is 23.4 Å². The highest BCUT2D eigenvalue weighted by atomic mass is 32.1. The predicted octanol–water partition coefficient (Wildman–Crippen LogP) is 1.74. The summed E-state index contributed by atoms with van der Waals surface area (Å²) < 4.78 is 1.14. The topological polar surface area (TPSA) is 50.9 Å². The van der Waals surface area contributed by atoms with Crippen molar-refractivity contribution in [2.24, 2.45) is 5.84 Å². The molecule has 0 aliphatic heterocycles. The molecule has 14 heavy (non-hydrogen) atoms. The zero-order chi connectivity index (χ0) is 10.1. The van der Waals surface area contributed by atoms with E-state index >= 15 is 0 Å². The number of hydrazine groups is 1. The van der Waals surface area contributed by atoms with Crippen LogP contribution in [0.25, 0.3) is 10.2 Å². The van der Waals surface area contributed by atoms with Crippen molar-refractivity contribution in [3.63, 3.8) is 0 Å². The van der Waals surface area contributed by atoms with Gasteiger partial charge in [0.15, 0.2) is 5.01 Å². The van der Waals surface area contributed by atoms with Crippen LogP contribution in [0.1, 0.15) is 10.6 Å². The lowest BCUT2D eigenvalue weighted by atomic mass is 10.2. The second-order valence-corrected chi connectivity index (χ2v) is 4.40. The van der Waals surface area contributed by atoms with Crippen LogP contribution >= 0.6 is 23.6 Å². The molecule has 0 atom stereocenters. The summed E-state index contributed by atoms with van der Waals surface area (Å²) in [4.78, 5) is 4.85. The molecule has 0 saturated heterocycles. The van der Waals surface area contributed by atoms with E-state index in [0.717, 1.165) is 15.2 Å². The average Bonchev–Trinajstić information content (AvgIpc) is 2.59. The fourth-order valence-corrected chi connectivity index (χ4v) is 2.33. The smallest absolute Gasteiger partial charge is 0.153 e. The van der Waals surface area contributed by atoms with Gasteiger partial charge in [-0.25, -0.2) is 10.8 Å². The zero-order valence-corrected chi connectivity index (χ0v) is 9.21. The molecular formula is C9H9N3S2. The van der Waals surface area contributed by atoms with Crippen molar-refractivity contribution in [2.45, 2.75) is 6.92 Å².